The first kappa shape index (κ1) is 5.73. The van der Waals surface area contributed by atoms with Gasteiger partial charge in [0.05, 0.1) is 7.11 Å². The fourth-order valence-corrected chi connectivity index (χ4v) is 1.41. The largest absolute Gasteiger partial charge is 0.453 e. The summed E-state index contributed by atoms with van der Waals surface area (Å²) in [7, 11) is 1.54. The van der Waals surface area contributed by atoms with Crippen molar-refractivity contribution < 1.29 is 9.15 Å². The van der Waals surface area contributed by atoms with E-state index in [2.05, 4.69) is 4.98 Å². The van der Waals surface area contributed by atoms with Crippen molar-refractivity contribution in [3.8, 4) is 6.08 Å². The van der Waals surface area contributed by atoms with Crippen LogP contribution in [-0.2, 0) is 0 Å². The van der Waals surface area contributed by atoms with Gasteiger partial charge in [-0.2, -0.15) is 4.98 Å². The third-order valence-electron chi connectivity index (χ3n) is 1.17. The van der Waals surface area contributed by atoms with Gasteiger partial charge in [0, 0.05) is 0 Å². The molecule has 0 aliphatic heterocycles. The van der Waals surface area contributed by atoms with Gasteiger partial charge in [-0.05, 0) is 11.4 Å². The number of methoxy groups -OCH3 is 1. The third kappa shape index (κ3) is 0.690. The lowest BCUT2D eigenvalue weighted by atomic mass is 10.6. The van der Waals surface area contributed by atoms with Gasteiger partial charge in [-0.15, -0.1) is 11.3 Å². The molecule has 52 valence electrons. The van der Waals surface area contributed by atoms with Crippen LogP contribution in [0.3, 0.4) is 0 Å². The van der Waals surface area contributed by atoms with E-state index in [0.29, 0.717) is 6.08 Å². The maximum Gasteiger partial charge on any atom is 0.395 e. The maximum absolute atomic E-state index is 5.13. The molecule has 0 radical (unpaired) electrons. The maximum atomic E-state index is 5.13. The van der Waals surface area contributed by atoms with Gasteiger partial charge in [-0.3, -0.25) is 0 Å². The number of hydrogen-bond acceptors (Lipinski definition) is 4. The molecule has 2 aromatic rings. The van der Waals surface area contributed by atoms with Gasteiger partial charge in [0.1, 0.15) is 0 Å². The lowest BCUT2D eigenvalue weighted by Crippen LogP contribution is -1.79. The van der Waals surface area contributed by atoms with Crippen LogP contribution in [0.25, 0.3) is 10.4 Å². The zero-order valence-electron chi connectivity index (χ0n) is 5.33. The second-order valence-electron chi connectivity index (χ2n) is 1.77. The Balaban J connectivity index is 2.67. The minimum atomic E-state index is 0.335. The van der Waals surface area contributed by atoms with Crippen molar-refractivity contribution >= 4 is 21.8 Å². The molecule has 2 aromatic heterocycles. The zero-order valence-corrected chi connectivity index (χ0v) is 6.14. The van der Waals surface area contributed by atoms with Gasteiger partial charge < -0.3 is 9.15 Å². The Kier molecular flexibility index (Phi) is 1.14. The first-order valence-electron chi connectivity index (χ1n) is 2.78. The van der Waals surface area contributed by atoms with Crippen molar-refractivity contribution in [2.45, 2.75) is 0 Å². The second-order valence-corrected chi connectivity index (χ2v) is 2.67. The van der Waals surface area contributed by atoms with E-state index in [1.807, 2.05) is 11.4 Å². The van der Waals surface area contributed by atoms with Crippen LogP contribution < -0.4 is 4.74 Å². The highest BCUT2D eigenvalue weighted by Gasteiger charge is 2.04. The number of fused-ring (bicyclic) bond motifs is 1. The standard InChI is InChI=1S/C6H5NO2S/c1-8-6-7-5-4(9-6)2-3-10-5/h2-3H,1H3. The predicted molar refractivity (Wildman–Crippen MR) is 38.4 cm³/mol. The number of oxazole rings is 1. The van der Waals surface area contributed by atoms with Crippen LogP contribution in [0.2, 0.25) is 0 Å². The van der Waals surface area contributed by atoms with Crippen LogP contribution >= 0.6 is 11.3 Å². The third-order valence-corrected chi connectivity index (χ3v) is 1.96. The van der Waals surface area contributed by atoms with Gasteiger partial charge in [0.15, 0.2) is 10.4 Å². The van der Waals surface area contributed by atoms with E-state index in [0.717, 1.165) is 10.4 Å². The summed E-state index contributed by atoms with van der Waals surface area (Å²) in [4.78, 5) is 4.91. The van der Waals surface area contributed by atoms with Crippen molar-refractivity contribution in [2.24, 2.45) is 0 Å². The summed E-state index contributed by atoms with van der Waals surface area (Å²) in [5, 5.41) is 1.93. The number of rotatable bonds is 1. The molecule has 0 spiro atoms. The first-order chi connectivity index (χ1) is 4.90. The summed E-state index contributed by atoms with van der Waals surface area (Å²) in [6.07, 6.45) is 0.335. The quantitative estimate of drug-likeness (QED) is 0.630. The van der Waals surface area contributed by atoms with E-state index in [9.17, 15) is 0 Å². The van der Waals surface area contributed by atoms with Crippen LogP contribution in [0.5, 0.6) is 6.08 Å². The molecule has 0 unspecified atom stereocenters. The molecule has 0 aromatic carbocycles. The predicted octanol–water partition coefficient (Wildman–Crippen LogP) is 1.90. The van der Waals surface area contributed by atoms with Gasteiger partial charge in [-0.1, -0.05) is 0 Å². The molecule has 2 rings (SSSR count). The molecule has 2 heterocycles. The summed E-state index contributed by atoms with van der Waals surface area (Å²) >= 11 is 1.54. The number of aromatic nitrogens is 1. The van der Waals surface area contributed by atoms with Gasteiger partial charge in [0.25, 0.3) is 0 Å². The molecule has 0 aliphatic carbocycles. The highest BCUT2D eigenvalue weighted by Crippen LogP contribution is 2.24. The number of ether oxygens (including phenoxy) is 1. The highest BCUT2D eigenvalue weighted by atomic mass is 32.1. The van der Waals surface area contributed by atoms with Crippen LogP contribution in [0.4, 0.5) is 0 Å². The topological polar surface area (TPSA) is 35.3 Å². The van der Waals surface area contributed by atoms with Crippen LogP contribution in [-0.4, -0.2) is 12.1 Å². The van der Waals surface area contributed by atoms with E-state index in [1.54, 1.807) is 0 Å². The molecule has 0 aliphatic rings. The normalized spacial score (nSPS) is 10.5. The summed E-state index contributed by atoms with van der Waals surface area (Å²) in [6.45, 7) is 0. The summed E-state index contributed by atoms with van der Waals surface area (Å²) in [5.41, 5.74) is 0.793. The molecule has 0 bridgehead atoms. The van der Waals surface area contributed by atoms with Crippen molar-refractivity contribution in [1.82, 2.24) is 4.98 Å². The van der Waals surface area contributed by atoms with E-state index in [4.69, 9.17) is 9.15 Å². The Morgan fingerprint density at radius 3 is 3.30 bits per heavy atom. The summed E-state index contributed by atoms with van der Waals surface area (Å²) in [6, 6.07) is 1.87. The molecular formula is C6H5NO2S. The Labute approximate surface area is 61.2 Å². The molecule has 10 heavy (non-hydrogen) atoms. The molecule has 0 saturated heterocycles. The monoisotopic (exact) mass is 155 g/mol. The molecule has 0 N–H and O–H groups in total. The minimum Gasteiger partial charge on any atom is -0.453 e. The van der Waals surface area contributed by atoms with E-state index in [1.165, 1.54) is 18.4 Å². The number of thiophene rings is 1. The average molecular weight is 155 g/mol. The molecule has 0 atom stereocenters. The molecule has 0 saturated carbocycles. The van der Waals surface area contributed by atoms with Crippen molar-refractivity contribution in [2.75, 3.05) is 7.11 Å². The molecule has 3 nitrogen and oxygen atoms in total. The highest BCUT2D eigenvalue weighted by molar-refractivity contribution is 7.16. The first-order valence-corrected chi connectivity index (χ1v) is 3.66. The van der Waals surface area contributed by atoms with Crippen molar-refractivity contribution in [3.63, 3.8) is 0 Å². The molecule has 4 heteroatoms. The fourth-order valence-electron chi connectivity index (χ4n) is 0.736. The van der Waals surface area contributed by atoms with Crippen molar-refractivity contribution in [3.05, 3.63) is 11.4 Å². The second kappa shape index (κ2) is 1.98. The molecule has 0 amide bonds. The Morgan fingerprint density at radius 2 is 2.60 bits per heavy atom. The molecule has 0 fully saturated rings. The lowest BCUT2D eigenvalue weighted by Gasteiger charge is -1.84. The van der Waals surface area contributed by atoms with Gasteiger partial charge >= 0.3 is 6.08 Å². The minimum absolute atomic E-state index is 0.335. The average Bonchev–Trinajstić information content (AvgIpc) is 2.42. The van der Waals surface area contributed by atoms with Crippen molar-refractivity contribution in [1.29, 1.82) is 0 Å². The Bertz CT molecular complexity index is 309. The van der Waals surface area contributed by atoms with Gasteiger partial charge in [0.2, 0.25) is 0 Å². The lowest BCUT2D eigenvalue weighted by molar-refractivity contribution is 0.299. The smallest absolute Gasteiger partial charge is 0.395 e. The number of nitrogens with zero attached hydrogens (tertiary/aromatic N) is 1. The van der Waals surface area contributed by atoms with Crippen LogP contribution in [0.15, 0.2) is 15.9 Å². The number of hydrogen-bond donors (Lipinski definition) is 0. The van der Waals surface area contributed by atoms with E-state index >= 15 is 0 Å². The van der Waals surface area contributed by atoms with Crippen LogP contribution in [0, 0.1) is 0 Å². The zero-order chi connectivity index (χ0) is 6.97. The molecular weight excluding hydrogens is 150 g/mol. The van der Waals surface area contributed by atoms with E-state index < -0.39 is 0 Å². The SMILES string of the molecule is COc1nc2sccc2o1. The summed E-state index contributed by atoms with van der Waals surface area (Å²) in [5.74, 6) is 0. The van der Waals surface area contributed by atoms with Gasteiger partial charge in [-0.25, -0.2) is 0 Å². The van der Waals surface area contributed by atoms with Crippen LogP contribution in [0.1, 0.15) is 0 Å². The fraction of sp³-hybridized carbons (Fsp3) is 0.167. The van der Waals surface area contributed by atoms with E-state index in [-0.39, 0.29) is 0 Å². The Morgan fingerprint density at radius 1 is 1.70 bits per heavy atom. The Hall–Kier alpha value is -1.03. The summed E-state index contributed by atoms with van der Waals surface area (Å²) < 4.78 is 9.92.